The number of benzene rings is 4. The van der Waals surface area contributed by atoms with Crippen molar-refractivity contribution < 1.29 is 74.4 Å². The van der Waals surface area contributed by atoms with E-state index in [1.54, 1.807) is 104 Å². The first-order chi connectivity index (χ1) is 52.1. The number of likely N-dealkylation sites (N-methyl/N-ethyl adjacent to an activating group) is 4. The van der Waals surface area contributed by atoms with Gasteiger partial charge >= 0.3 is 0 Å². The van der Waals surface area contributed by atoms with Gasteiger partial charge in [0.1, 0.15) is 73.5 Å². The van der Waals surface area contributed by atoms with Crippen LogP contribution in [0.15, 0.2) is 116 Å². The van der Waals surface area contributed by atoms with Gasteiger partial charge in [0.05, 0.1) is 30.5 Å². The van der Waals surface area contributed by atoms with Crippen molar-refractivity contribution in [1.29, 1.82) is 0 Å². The average Bonchev–Trinajstić information content (AvgIpc) is 1.12. The highest BCUT2D eigenvalue weighted by molar-refractivity contribution is 7.90. The van der Waals surface area contributed by atoms with Crippen LogP contribution >= 0.6 is 11.6 Å². The average molecular weight is 1570 g/mol. The molecule has 0 spiro atoms. The third-order valence-corrected chi connectivity index (χ3v) is 24.7. The van der Waals surface area contributed by atoms with Gasteiger partial charge in [-0.25, -0.2) is 16.8 Å². The summed E-state index contributed by atoms with van der Waals surface area (Å²) in [5, 5.41) is 15.5. The molecular formula is C78H96ClN13O16S2. The van der Waals surface area contributed by atoms with E-state index in [4.69, 9.17) is 11.6 Å². The number of hydrogen-bond donors (Lipinski definition) is 7. The highest BCUT2D eigenvalue weighted by Gasteiger charge is 2.56. The number of sulfone groups is 2. The molecule has 4 bridgehead atoms. The SMILES string of the molecule is CC1[C@@H]2C(=O)N1[C@@H](Cc1c[nH]c3ccccc13)C(=O)N[C@H](C(=O)N1CCCCC1)CC(=O)N[C@@H]1C(=O)N[C@H](C(=O)N(C)[C@@H](Cc3ccccc3)C(=O)N[C@@](C)(Cc3c[nH]c4ccccc34)C(=O)C3CCC[C@H]3C(=O)N(C)CC(=O)N(C)[C@@H](Cc3ccc(Cl)cc3)C(=O)N[C@@H](CCS(C)(=O)=O)C(=O)N2C)C1CS(C)(=O)=O. The number of rotatable bonds is 14. The van der Waals surface area contributed by atoms with Crippen LogP contribution in [-0.4, -0.2) is 259 Å². The summed E-state index contributed by atoms with van der Waals surface area (Å²) in [5.41, 5.74) is 1.68. The molecule has 110 heavy (non-hydrogen) atoms. The molecule has 3 unspecified atom stereocenters. The molecule has 588 valence electrons. The zero-order chi connectivity index (χ0) is 79.4. The molecule has 5 saturated heterocycles. The molecule has 32 heteroatoms. The number of para-hydroxylation sites is 2. The Labute approximate surface area is 643 Å². The summed E-state index contributed by atoms with van der Waals surface area (Å²) in [6, 6.07) is 15.6. The molecule has 1 aliphatic carbocycles. The fraction of sp³-hybridized carbons (Fsp3) is 0.487. The Kier molecular flexibility index (Phi) is 24.8. The van der Waals surface area contributed by atoms with Gasteiger partial charge in [-0.3, -0.25) is 57.5 Å². The van der Waals surface area contributed by atoms with Crippen molar-refractivity contribution in [3.8, 4) is 0 Å². The van der Waals surface area contributed by atoms with E-state index in [2.05, 4.69) is 36.6 Å². The van der Waals surface area contributed by atoms with Crippen LogP contribution in [0.5, 0.6) is 0 Å². The minimum atomic E-state index is -4.15. The molecule has 13 atom stereocenters. The molecule has 0 radical (unpaired) electrons. The Morgan fingerprint density at radius 2 is 1.15 bits per heavy atom. The third-order valence-electron chi connectivity index (χ3n) is 22.4. The number of aromatic amines is 2. The van der Waals surface area contributed by atoms with E-state index in [1.807, 2.05) is 18.2 Å². The second kappa shape index (κ2) is 33.7. The number of ketones is 1. The number of nitrogens with zero attached hydrogens (tertiary/aromatic N) is 6. The van der Waals surface area contributed by atoms with Crippen molar-refractivity contribution in [2.24, 2.45) is 17.8 Å². The predicted molar refractivity (Wildman–Crippen MR) is 409 cm³/mol. The number of halogens is 1. The zero-order valence-electron chi connectivity index (χ0n) is 62.8. The Hall–Kier alpha value is -10.0. The maximum absolute atomic E-state index is 16.0. The van der Waals surface area contributed by atoms with Gasteiger partial charge in [0.2, 0.25) is 65.0 Å². The van der Waals surface area contributed by atoms with Gasteiger partial charge in [-0.15, -0.1) is 0 Å². The van der Waals surface area contributed by atoms with Crippen molar-refractivity contribution in [2.45, 2.75) is 151 Å². The number of β-lactam (4-membered cyclic amide) rings is 1. The largest absolute Gasteiger partial charge is 0.361 e. The first-order valence-electron chi connectivity index (χ1n) is 37.1. The van der Waals surface area contributed by atoms with E-state index in [1.165, 1.54) is 44.9 Å². The van der Waals surface area contributed by atoms with Gasteiger partial charge in [0.25, 0.3) is 0 Å². The summed E-state index contributed by atoms with van der Waals surface area (Å²) in [7, 11) is -2.74. The van der Waals surface area contributed by atoms with Crippen molar-refractivity contribution in [3.05, 3.63) is 143 Å². The van der Waals surface area contributed by atoms with Crippen molar-refractivity contribution in [2.75, 3.05) is 71.8 Å². The van der Waals surface area contributed by atoms with Crippen molar-refractivity contribution in [1.82, 2.24) is 66.0 Å². The molecule has 6 aliphatic rings. The van der Waals surface area contributed by atoms with Gasteiger partial charge in [0, 0.05) is 136 Å². The Bertz CT molecular complexity index is 4780. The first-order valence-corrected chi connectivity index (χ1v) is 41.6. The van der Waals surface area contributed by atoms with Crippen LogP contribution in [0, 0.1) is 17.8 Å². The highest BCUT2D eigenvalue weighted by atomic mass is 35.5. The van der Waals surface area contributed by atoms with E-state index < -0.39 is 199 Å². The number of carbonyl (C=O) groups excluding carboxylic acids is 12. The van der Waals surface area contributed by atoms with E-state index in [-0.39, 0.29) is 51.6 Å². The minimum Gasteiger partial charge on any atom is -0.361 e. The molecule has 4 aromatic carbocycles. The van der Waals surface area contributed by atoms with Crippen molar-refractivity contribution >= 4 is 124 Å². The molecule has 6 fully saturated rings. The molecule has 7 N–H and O–H groups in total. The maximum Gasteiger partial charge on any atom is 0.248 e. The number of piperidine rings is 1. The molecule has 2 aromatic heterocycles. The van der Waals surface area contributed by atoms with E-state index in [0.29, 0.717) is 68.3 Å². The van der Waals surface area contributed by atoms with E-state index in [9.17, 15) is 36.0 Å². The fourth-order valence-corrected chi connectivity index (χ4v) is 18.3. The van der Waals surface area contributed by atoms with Gasteiger partial charge in [-0.05, 0) is 98.9 Å². The monoisotopic (exact) mass is 1570 g/mol. The highest BCUT2D eigenvalue weighted by Crippen LogP contribution is 2.39. The number of nitrogens with one attached hydrogen (secondary N) is 7. The van der Waals surface area contributed by atoms with E-state index >= 15 is 38.4 Å². The fourth-order valence-electron chi connectivity index (χ4n) is 16.4. The molecule has 12 rings (SSSR count). The summed E-state index contributed by atoms with van der Waals surface area (Å²) >= 11 is 6.31. The Morgan fingerprint density at radius 1 is 0.564 bits per heavy atom. The molecular weight excluding hydrogens is 1470 g/mol. The molecule has 6 aromatic rings. The number of likely N-dealkylation sites (tertiary alicyclic amines) is 1. The smallest absolute Gasteiger partial charge is 0.248 e. The number of amides is 11. The summed E-state index contributed by atoms with van der Waals surface area (Å²) in [6.07, 6.45) is 5.67. The number of aromatic nitrogens is 2. The zero-order valence-corrected chi connectivity index (χ0v) is 65.2. The van der Waals surface area contributed by atoms with Crippen LogP contribution in [0.1, 0.15) is 87.5 Å². The Balaban J connectivity index is 1.000. The van der Waals surface area contributed by atoms with Crippen LogP contribution < -0.4 is 26.6 Å². The quantitative estimate of drug-likeness (QED) is 0.0608. The van der Waals surface area contributed by atoms with Gasteiger partial charge in [0.15, 0.2) is 5.78 Å². The van der Waals surface area contributed by atoms with Crippen LogP contribution in [-0.2, 0) is 103 Å². The second-order valence-electron chi connectivity index (χ2n) is 30.4. The number of carbonyl (C=O) groups is 12. The number of H-pyrrole nitrogens is 2. The lowest BCUT2D eigenvalue weighted by atomic mass is 9.77. The van der Waals surface area contributed by atoms with Crippen molar-refractivity contribution in [3.63, 3.8) is 0 Å². The molecule has 11 amide bonds. The topological polar surface area (TPSA) is 384 Å². The standard InChI is InChI=1S/C78H96ClN13O16S2/c1-45-67-77(104)92(45)62(38-48-41-80-56-26-15-13-22-51(48)56)70(97)83-59(75(102)91-33-17-10-18-34-91)39-63(93)84-65-55(44-110(8,107)108)66(85-72(65)99)76(103)89(5)61(36-46-20-11-9-12-21-46)71(98)86-78(2,40-49-42-81-57-27-16-14-23-52(49)57)68(95)53-24-19-25-54(53)73(100)87(3)43-64(94)88(4)60(37-47-28-30-50(79)31-29-47)69(96)82-58(74(101)90(67)6)32-35-109(7,105)106/h9,11-16,20-23,26-31,41-42,45,53-55,58-62,65-67,80-81H,10,17-19,24-25,32-40,43-44H2,1-8H3,(H,82,96)(H,83,97)(H,84,93)(H,85,99)(H,86,98)/t45?,53?,54-,55?,58+,59+,60+,61+,62+,65+,66+,67-,78+/m1/s1. The summed E-state index contributed by atoms with van der Waals surface area (Å²) in [5.74, 6) is -15.3. The summed E-state index contributed by atoms with van der Waals surface area (Å²) in [4.78, 5) is 196. The summed E-state index contributed by atoms with van der Waals surface area (Å²) in [6.45, 7) is 2.93. The lowest BCUT2D eigenvalue weighted by Gasteiger charge is -2.52. The van der Waals surface area contributed by atoms with Crippen LogP contribution in [0.4, 0.5) is 0 Å². The van der Waals surface area contributed by atoms with Gasteiger partial charge in [-0.2, -0.15) is 0 Å². The lowest BCUT2D eigenvalue weighted by Crippen LogP contribution is -2.75. The summed E-state index contributed by atoms with van der Waals surface area (Å²) < 4.78 is 53.2. The lowest BCUT2D eigenvalue weighted by molar-refractivity contribution is -0.170. The normalized spacial score (nSPS) is 27.3. The first kappa shape index (κ1) is 81.0. The molecule has 29 nitrogen and oxygen atoms in total. The molecule has 5 aliphatic heterocycles. The predicted octanol–water partition coefficient (Wildman–Crippen LogP) is 2.44. The maximum atomic E-state index is 16.0. The Morgan fingerprint density at radius 3 is 1.77 bits per heavy atom. The number of hydrogen-bond acceptors (Lipinski definition) is 16. The third kappa shape index (κ3) is 18.2. The number of Topliss-reactive ketones (excluding diaryl/α,β-unsaturated/α-hetero) is 1. The van der Waals surface area contributed by atoms with Gasteiger partial charge in [-0.1, -0.05) is 96.9 Å². The molecule has 1 saturated carbocycles. The van der Waals surface area contributed by atoms with E-state index in [0.717, 1.165) is 38.5 Å². The number of fused-ring (bicyclic) bond motifs is 24. The second-order valence-corrected chi connectivity index (χ2v) is 35.3. The minimum absolute atomic E-state index is 0.158. The van der Waals surface area contributed by atoms with Crippen LogP contribution in [0.25, 0.3) is 21.8 Å². The van der Waals surface area contributed by atoms with Crippen LogP contribution in [0.3, 0.4) is 0 Å². The molecule has 7 heterocycles. The van der Waals surface area contributed by atoms with Gasteiger partial charge < -0.3 is 66.0 Å². The van der Waals surface area contributed by atoms with Crippen LogP contribution in [0.2, 0.25) is 5.02 Å².